The minimum absolute atomic E-state index is 0.701. The fraction of sp³-hybridized carbons (Fsp3) is 0.812. The van der Waals surface area contributed by atoms with Crippen molar-refractivity contribution in [2.45, 2.75) is 64.8 Å². The molecule has 1 unspecified atom stereocenters. The molecular weight excluding hydrogens is 234 g/mol. The number of aromatic nitrogens is 2. The molecule has 0 bridgehead atoms. The van der Waals surface area contributed by atoms with E-state index in [1.165, 1.54) is 43.5 Å². The van der Waals surface area contributed by atoms with E-state index in [9.17, 15) is 0 Å². The van der Waals surface area contributed by atoms with Crippen molar-refractivity contribution in [2.75, 3.05) is 6.54 Å². The Morgan fingerprint density at radius 2 is 2.11 bits per heavy atom. The lowest BCUT2D eigenvalue weighted by Crippen LogP contribution is -2.35. The molecule has 0 radical (unpaired) electrons. The van der Waals surface area contributed by atoms with E-state index in [4.69, 9.17) is 0 Å². The molecule has 1 fully saturated rings. The largest absolute Gasteiger partial charge is 0.314 e. The molecular formula is C16H29N3. The normalized spacial score (nSPS) is 18.1. The molecule has 3 heteroatoms. The van der Waals surface area contributed by atoms with E-state index in [1.807, 2.05) is 0 Å². The van der Waals surface area contributed by atoms with Crippen LogP contribution in [0, 0.1) is 5.92 Å². The smallest absolute Gasteiger partial charge is 0.0624 e. The first-order chi connectivity index (χ1) is 9.24. The molecule has 0 amide bonds. The summed E-state index contributed by atoms with van der Waals surface area (Å²) in [6.45, 7) is 5.49. The maximum Gasteiger partial charge on any atom is 0.0624 e. The van der Waals surface area contributed by atoms with Crippen LogP contribution in [0.5, 0.6) is 0 Å². The van der Waals surface area contributed by atoms with Gasteiger partial charge in [-0.3, -0.25) is 4.68 Å². The van der Waals surface area contributed by atoms with Crippen molar-refractivity contribution in [3.63, 3.8) is 0 Å². The van der Waals surface area contributed by atoms with Gasteiger partial charge in [-0.25, -0.2) is 0 Å². The first-order valence-electron chi connectivity index (χ1n) is 7.99. The second-order valence-corrected chi connectivity index (χ2v) is 5.85. The molecule has 1 N–H and O–H groups in total. The van der Waals surface area contributed by atoms with E-state index in [0.717, 1.165) is 25.3 Å². The third kappa shape index (κ3) is 3.82. The summed E-state index contributed by atoms with van der Waals surface area (Å²) in [5, 5.41) is 8.25. The van der Waals surface area contributed by atoms with Gasteiger partial charge >= 0.3 is 0 Å². The Kier molecular flexibility index (Phi) is 5.44. The van der Waals surface area contributed by atoms with Crippen LogP contribution in [0.1, 0.15) is 57.3 Å². The summed E-state index contributed by atoms with van der Waals surface area (Å²) >= 11 is 0. The SMILES string of the molecule is CCNC(CCc1cc(CC)nn1C)C1CCCC1. The van der Waals surface area contributed by atoms with Gasteiger partial charge in [0.2, 0.25) is 0 Å². The summed E-state index contributed by atoms with van der Waals surface area (Å²) in [5.41, 5.74) is 2.61. The van der Waals surface area contributed by atoms with Gasteiger partial charge in [-0.1, -0.05) is 26.7 Å². The zero-order valence-corrected chi connectivity index (χ0v) is 12.8. The van der Waals surface area contributed by atoms with Crippen LogP contribution >= 0.6 is 0 Å². The van der Waals surface area contributed by atoms with Gasteiger partial charge in [-0.2, -0.15) is 5.10 Å². The van der Waals surface area contributed by atoms with Crippen LogP contribution in [-0.2, 0) is 19.9 Å². The highest BCUT2D eigenvalue weighted by atomic mass is 15.3. The van der Waals surface area contributed by atoms with E-state index < -0.39 is 0 Å². The van der Waals surface area contributed by atoms with Crippen molar-refractivity contribution in [1.82, 2.24) is 15.1 Å². The molecule has 3 nitrogen and oxygen atoms in total. The predicted octanol–water partition coefficient (Wildman–Crippen LogP) is 3.08. The quantitative estimate of drug-likeness (QED) is 0.819. The Labute approximate surface area is 117 Å². The number of hydrogen-bond donors (Lipinski definition) is 1. The average Bonchev–Trinajstić information content (AvgIpc) is 3.04. The summed E-state index contributed by atoms with van der Waals surface area (Å²) in [4.78, 5) is 0. The molecule has 1 aliphatic carbocycles. The van der Waals surface area contributed by atoms with Crippen LogP contribution < -0.4 is 5.32 Å². The molecule has 0 aromatic carbocycles. The lowest BCUT2D eigenvalue weighted by Gasteiger charge is -2.24. The van der Waals surface area contributed by atoms with Crippen molar-refractivity contribution in [3.05, 3.63) is 17.5 Å². The Bertz CT molecular complexity index is 377. The van der Waals surface area contributed by atoms with Crippen molar-refractivity contribution < 1.29 is 0 Å². The van der Waals surface area contributed by atoms with Crippen LogP contribution in [0.4, 0.5) is 0 Å². The number of aryl methyl sites for hydroxylation is 3. The van der Waals surface area contributed by atoms with E-state index in [1.54, 1.807) is 0 Å². The molecule has 1 heterocycles. The van der Waals surface area contributed by atoms with Crippen molar-refractivity contribution in [1.29, 1.82) is 0 Å². The van der Waals surface area contributed by atoms with Gasteiger partial charge in [0.1, 0.15) is 0 Å². The van der Waals surface area contributed by atoms with Crippen LogP contribution in [0.25, 0.3) is 0 Å². The number of nitrogens with zero attached hydrogens (tertiary/aromatic N) is 2. The Morgan fingerprint density at radius 3 is 2.68 bits per heavy atom. The first kappa shape index (κ1) is 14.6. The van der Waals surface area contributed by atoms with Gasteiger partial charge in [0.05, 0.1) is 5.69 Å². The topological polar surface area (TPSA) is 29.9 Å². The second-order valence-electron chi connectivity index (χ2n) is 5.85. The number of hydrogen-bond acceptors (Lipinski definition) is 2. The molecule has 0 spiro atoms. The molecule has 108 valence electrons. The summed E-state index contributed by atoms with van der Waals surface area (Å²) < 4.78 is 2.07. The lowest BCUT2D eigenvalue weighted by molar-refractivity contribution is 0.344. The maximum atomic E-state index is 4.55. The van der Waals surface area contributed by atoms with E-state index in [-0.39, 0.29) is 0 Å². The number of nitrogens with one attached hydrogen (secondary N) is 1. The van der Waals surface area contributed by atoms with Crippen LogP contribution in [-0.4, -0.2) is 22.4 Å². The van der Waals surface area contributed by atoms with Crippen LogP contribution in [0.3, 0.4) is 0 Å². The Morgan fingerprint density at radius 1 is 1.37 bits per heavy atom. The zero-order chi connectivity index (χ0) is 13.7. The molecule has 19 heavy (non-hydrogen) atoms. The molecule has 2 rings (SSSR count). The molecule has 1 saturated carbocycles. The highest BCUT2D eigenvalue weighted by Gasteiger charge is 2.24. The average molecular weight is 263 g/mol. The minimum Gasteiger partial charge on any atom is -0.314 e. The highest BCUT2D eigenvalue weighted by molar-refractivity contribution is 5.10. The monoisotopic (exact) mass is 263 g/mol. The molecule has 1 aliphatic rings. The van der Waals surface area contributed by atoms with E-state index >= 15 is 0 Å². The first-order valence-corrected chi connectivity index (χ1v) is 7.99. The van der Waals surface area contributed by atoms with E-state index in [2.05, 4.69) is 42.1 Å². The fourth-order valence-corrected chi connectivity index (χ4v) is 3.41. The summed E-state index contributed by atoms with van der Waals surface area (Å²) in [6.07, 6.45) is 9.13. The standard InChI is InChI=1S/C16H29N3/c1-4-14-12-15(19(3)18-14)10-11-16(17-5-2)13-8-6-7-9-13/h12-13,16-17H,4-11H2,1-3H3. The third-order valence-electron chi connectivity index (χ3n) is 4.54. The van der Waals surface area contributed by atoms with Gasteiger partial charge in [-0.05, 0) is 50.6 Å². The predicted molar refractivity (Wildman–Crippen MR) is 80.3 cm³/mol. The number of rotatable bonds is 7. The van der Waals surface area contributed by atoms with Crippen molar-refractivity contribution in [2.24, 2.45) is 13.0 Å². The fourth-order valence-electron chi connectivity index (χ4n) is 3.41. The molecule has 1 atom stereocenters. The van der Waals surface area contributed by atoms with Gasteiger partial charge in [0.15, 0.2) is 0 Å². The lowest BCUT2D eigenvalue weighted by atomic mass is 9.93. The maximum absolute atomic E-state index is 4.55. The van der Waals surface area contributed by atoms with Gasteiger partial charge in [0, 0.05) is 18.8 Å². The Balaban J connectivity index is 1.91. The summed E-state index contributed by atoms with van der Waals surface area (Å²) in [6, 6.07) is 2.98. The van der Waals surface area contributed by atoms with Crippen molar-refractivity contribution in [3.8, 4) is 0 Å². The van der Waals surface area contributed by atoms with Crippen LogP contribution in [0.15, 0.2) is 6.07 Å². The Hall–Kier alpha value is -0.830. The van der Waals surface area contributed by atoms with Crippen LogP contribution in [0.2, 0.25) is 0 Å². The molecule has 0 aliphatic heterocycles. The van der Waals surface area contributed by atoms with Crippen molar-refractivity contribution >= 4 is 0 Å². The summed E-state index contributed by atoms with van der Waals surface area (Å²) in [7, 11) is 2.08. The van der Waals surface area contributed by atoms with Gasteiger partial charge in [0.25, 0.3) is 0 Å². The zero-order valence-electron chi connectivity index (χ0n) is 12.8. The van der Waals surface area contributed by atoms with E-state index in [0.29, 0.717) is 6.04 Å². The molecule has 1 aromatic heterocycles. The third-order valence-corrected chi connectivity index (χ3v) is 4.54. The van der Waals surface area contributed by atoms with Gasteiger partial charge < -0.3 is 5.32 Å². The minimum atomic E-state index is 0.701. The molecule has 1 aromatic rings. The second kappa shape index (κ2) is 7.09. The highest BCUT2D eigenvalue weighted by Crippen LogP contribution is 2.29. The summed E-state index contributed by atoms with van der Waals surface area (Å²) in [5.74, 6) is 0.902. The molecule has 0 saturated heterocycles. The van der Waals surface area contributed by atoms with Gasteiger partial charge in [-0.15, -0.1) is 0 Å².